The Labute approximate surface area is 226 Å². The molecule has 0 saturated carbocycles. The van der Waals surface area contributed by atoms with Crippen LogP contribution in [-0.4, -0.2) is 0 Å². The van der Waals surface area contributed by atoms with Crippen LogP contribution in [0.5, 0.6) is 0 Å². The van der Waals surface area contributed by atoms with E-state index in [4.69, 9.17) is 0 Å². The normalized spacial score (nSPS) is 14.2. The van der Waals surface area contributed by atoms with Gasteiger partial charge in [0.15, 0.2) is 0 Å². The maximum absolute atomic E-state index is 3.62. The number of para-hydroxylation sites is 1. The van der Waals surface area contributed by atoms with Gasteiger partial charge in [0, 0.05) is 46.2 Å². The van der Waals surface area contributed by atoms with Gasteiger partial charge in [-0.3, -0.25) is 0 Å². The van der Waals surface area contributed by atoms with Crippen LogP contribution < -0.4 is 21.3 Å². The van der Waals surface area contributed by atoms with Gasteiger partial charge < -0.3 is 21.3 Å². The molecule has 0 heterocycles. The molecule has 0 spiro atoms. The van der Waals surface area contributed by atoms with Gasteiger partial charge in [-0.25, -0.2) is 0 Å². The van der Waals surface area contributed by atoms with E-state index in [2.05, 4.69) is 138 Å². The van der Waals surface area contributed by atoms with Crippen molar-refractivity contribution in [1.82, 2.24) is 0 Å². The molecule has 0 fully saturated rings. The number of hydrogen-bond acceptors (Lipinski definition) is 4. The number of nitrogens with one attached hydrogen (secondary N) is 4. The number of hydrogen-bond donors (Lipinski definition) is 4. The molecule has 0 bridgehead atoms. The molecule has 2 unspecified atom stereocenters. The molecule has 0 amide bonds. The summed E-state index contributed by atoms with van der Waals surface area (Å²) in [5.41, 5.74) is 9.17. The Kier molecular flexibility index (Phi) is 8.10. The lowest BCUT2D eigenvalue weighted by Gasteiger charge is -2.19. The number of benzene rings is 4. The predicted molar refractivity (Wildman–Crippen MR) is 163 cm³/mol. The van der Waals surface area contributed by atoms with Crippen molar-refractivity contribution in [2.45, 2.75) is 38.8 Å². The first-order chi connectivity index (χ1) is 18.6. The highest BCUT2D eigenvalue weighted by molar-refractivity contribution is 5.62. The second kappa shape index (κ2) is 12.2. The highest BCUT2D eigenvalue weighted by Crippen LogP contribution is 2.26. The summed E-state index contributed by atoms with van der Waals surface area (Å²) < 4.78 is 0. The predicted octanol–water partition coefficient (Wildman–Crippen LogP) is 9.42. The first kappa shape index (κ1) is 25.2. The second-order valence-electron chi connectivity index (χ2n) is 9.81. The molecule has 2 atom stereocenters. The van der Waals surface area contributed by atoms with Crippen molar-refractivity contribution in [3.05, 3.63) is 138 Å². The van der Waals surface area contributed by atoms with Crippen LogP contribution in [0, 0.1) is 0 Å². The molecule has 4 aromatic rings. The maximum atomic E-state index is 3.62. The SMILES string of the molecule is CC(Nc1ccc(NC2=CCCC=C2)cc1)c1ccc(C(C)Nc2ccc(Nc3ccccc3)cc2)cc1. The van der Waals surface area contributed by atoms with Crippen molar-refractivity contribution in [2.24, 2.45) is 0 Å². The van der Waals surface area contributed by atoms with Crippen LogP contribution in [0.15, 0.2) is 127 Å². The third-order valence-corrected chi connectivity index (χ3v) is 6.82. The van der Waals surface area contributed by atoms with E-state index < -0.39 is 0 Å². The van der Waals surface area contributed by atoms with Gasteiger partial charge in [-0.2, -0.15) is 0 Å². The fourth-order valence-electron chi connectivity index (χ4n) is 4.60. The molecule has 0 aromatic heterocycles. The molecule has 38 heavy (non-hydrogen) atoms. The highest BCUT2D eigenvalue weighted by Gasteiger charge is 2.09. The summed E-state index contributed by atoms with van der Waals surface area (Å²) in [5, 5.41) is 14.1. The fourth-order valence-corrected chi connectivity index (χ4v) is 4.60. The molecule has 0 saturated heterocycles. The molecule has 4 nitrogen and oxygen atoms in total. The zero-order chi connectivity index (χ0) is 26.2. The van der Waals surface area contributed by atoms with E-state index in [1.165, 1.54) is 16.8 Å². The van der Waals surface area contributed by atoms with Crippen LogP contribution in [-0.2, 0) is 0 Å². The quantitative estimate of drug-likeness (QED) is 0.175. The molecule has 192 valence electrons. The van der Waals surface area contributed by atoms with E-state index in [0.717, 1.165) is 41.3 Å². The van der Waals surface area contributed by atoms with Crippen molar-refractivity contribution >= 4 is 28.4 Å². The van der Waals surface area contributed by atoms with Crippen LogP contribution in [0.4, 0.5) is 28.4 Å². The fraction of sp³-hybridized carbons (Fsp3) is 0.176. The largest absolute Gasteiger partial charge is 0.379 e. The summed E-state index contributed by atoms with van der Waals surface area (Å²) in [5.74, 6) is 0. The molecule has 5 rings (SSSR count). The van der Waals surface area contributed by atoms with Gasteiger partial charge in [0.1, 0.15) is 0 Å². The van der Waals surface area contributed by atoms with E-state index in [0.29, 0.717) is 0 Å². The van der Waals surface area contributed by atoms with Gasteiger partial charge in [-0.15, -0.1) is 0 Å². The Balaban J connectivity index is 1.13. The van der Waals surface area contributed by atoms with E-state index in [1.54, 1.807) is 0 Å². The van der Waals surface area contributed by atoms with Crippen molar-refractivity contribution < 1.29 is 0 Å². The van der Waals surface area contributed by atoms with Crippen LogP contribution in [0.25, 0.3) is 0 Å². The van der Waals surface area contributed by atoms with Gasteiger partial charge in [-0.1, -0.05) is 54.6 Å². The van der Waals surface area contributed by atoms with Crippen LogP contribution >= 0.6 is 0 Å². The van der Waals surface area contributed by atoms with Crippen molar-refractivity contribution in [3.63, 3.8) is 0 Å². The van der Waals surface area contributed by atoms with Crippen LogP contribution in [0.3, 0.4) is 0 Å². The van der Waals surface area contributed by atoms with Gasteiger partial charge in [0.05, 0.1) is 0 Å². The van der Waals surface area contributed by atoms with Gasteiger partial charge >= 0.3 is 0 Å². The lowest BCUT2D eigenvalue weighted by atomic mass is 10.0. The third kappa shape index (κ3) is 6.86. The summed E-state index contributed by atoms with van der Waals surface area (Å²) in [7, 11) is 0. The zero-order valence-corrected chi connectivity index (χ0v) is 22.1. The van der Waals surface area contributed by atoms with Crippen molar-refractivity contribution in [2.75, 3.05) is 21.3 Å². The minimum atomic E-state index is 0.203. The van der Waals surface area contributed by atoms with Gasteiger partial charge in [-0.05, 0) is 105 Å². The van der Waals surface area contributed by atoms with E-state index in [1.807, 2.05) is 18.2 Å². The molecule has 4 heteroatoms. The number of rotatable bonds is 10. The van der Waals surface area contributed by atoms with E-state index in [-0.39, 0.29) is 12.1 Å². The summed E-state index contributed by atoms with van der Waals surface area (Å²) in [6.45, 7) is 4.40. The first-order valence-corrected chi connectivity index (χ1v) is 13.4. The Morgan fingerprint density at radius 1 is 0.500 bits per heavy atom. The Bertz CT molecular complexity index is 1360. The third-order valence-electron chi connectivity index (χ3n) is 6.82. The molecule has 0 radical (unpaired) electrons. The average Bonchev–Trinajstić information content (AvgIpc) is 2.96. The molecular formula is C34H36N4. The van der Waals surface area contributed by atoms with E-state index >= 15 is 0 Å². The molecule has 1 aliphatic rings. The summed E-state index contributed by atoms with van der Waals surface area (Å²) >= 11 is 0. The summed E-state index contributed by atoms with van der Waals surface area (Å²) in [6.07, 6.45) is 8.84. The monoisotopic (exact) mass is 500 g/mol. The number of anilines is 5. The summed E-state index contributed by atoms with van der Waals surface area (Å²) in [6, 6.07) is 36.5. The molecular weight excluding hydrogens is 464 g/mol. The standard InChI is InChI=1S/C34H36N4/c1-25(35-31-17-21-33(22-18-31)37-29-9-5-3-6-10-29)27-13-15-28(16-14-27)26(2)36-32-19-23-34(24-20-32)38-30-11-7-4-8-12-30/h3,5-7,9-26,35-38H,4,8H2,1-2H3. The minimum absolute atomic E-state index is 0.203. The Morgan fingerprint density at radius 3 is 1.47 bits per heavy atom. The molecule has 4 N–H and O–H groups in total. The molecule has 1 aliphatic carbocycles. The van der Waals surface area contributed by atoms with Crippen LogP contribution in [0.1, 0.15) is 49.9 Å². The second-order valence-corrected chi connectivity index (χ2v) is 9.81. The zero-order valence-electron chi connectivity index (χ0n) is 22.1. The average molecular weight is 501 g/mol. The highest BCUT2D eigenvalue weighted by atomic mass is 14.9. The summed E-state index contributed by atoms with van der Waals surface area (Å²) in [4.78, 5) is 0. The lowest BCUT2D eigenvalue weighted by Crippen LogP contribution is -2.09. The van der Waals surface area contributed by atoms with Crippen LogP contribution in [0.2, 0.25) is 0 Å². The Morgan fingerprint density at radius 2 is 0.974 bits per heavy atom. The topological polar surface area (TPSA) is 48.1 Å². The Hall–Kier alpha value is -4.44. The maximum Gasteiger partial charge on any atom is 0.0485 e. The van der Waals surface area contributed by atoms with Gasteiger partial charge in [0.2, 0.25) is 0 Å². The first-order valence-electron chi connectivity index (χ1n) is 13.4. The molecule has 4 aromatic carbocycles. The smallest absolute Gasteiger partial charge is 0.0485 e. The van der Waals surface area contributed by atoms with Gasteiger partial charge in [0.25, 0.3) is 0 Å². The minimum Gasteiger partial charge on any atom is -0.379 e. The lowest BCUT2D eigenvalue weighted by molar-refractivity contribution is 0.863. The molecule has 0 aliphatic heterocycles. The number of allylic oxidation sites excluding steroid dienone is 3. The van der Waals surface area contributed by atoms with Crippen molar-refractivity contribution in [3.8, 4) is 0 Å². The van der Waals surface area contributed by atoms with E-state index in [9.17, 15) is 0 Å². The van der Waals surface area contributed by atoms with Crippen molar-refractivity contribution in [1.29, 1.82) is 0 Å².